The normalized spacial score (nSPS) is 17.0. The van der Waals surface area contributed by atoms with E-state index in [-0.39, 0.29) is 24.1 Å². The van der Waals surface area contributed by atoms with Crippen molar-refractivity contribution in [3.05, 3.63) is 71.8 Å². The van der Waals surface area contributed by atoms with Gasteiger partial charge in [0.1, 0.15) is 5.60 Å². The molecule has 2 aromatic rings. The molecule has 166 valence electrons. The maximum absolute atomic E-state index is 12.5. The van der Waals surface area contributed by atoms with Crippen molar-refractivity contribution in [1.29, 1.82) is 0 Å². The predicted octanol–water partition coefficient (Wildman–Crippen LogP) is 4.16. The van der Waals surface area contributed by atoms with Crippen molar-refractivity contribution in [2.24, 2.45) is 0 Å². The zero-order valence-electron chi connectivity index (χ0n) is 18.9. The molecule has 0 aliphatic carbocycles. The van der Waals surface area contributed by atoms with Crippen LogP contribution in [-0.4, -0.2) is 53.6 Å². The topological polar surface area (TPSA) is 61.9 Å². The molecule has 0 unspecified atom stereocenters. The highest BCUT2D eigenvalue weighted by Gasteiger charge is 2.34. The maximum atomic E-state index is 12.5. The van der Waals surface area contributed by atoms with Crippen LogP contribution in [0.5, 0.6) is 0 Å². The fourth-order valence-electron chi connectivity index (χ4n) is 4.00. The summed E-state index contributed by atoms with van der Waals surface area (Å²) in [5.41, 5.74) is 1.68. The van der Waals surface area contributed by atoms with Crippen molar-refractivity contribution in [1.82, 2.24) is 15.1 Å². The first-order valence-electron chi connectivity index (χ1n) is 10.8. The van der Waals surface area contributed by atoms with Gasteiger partial charge in [0.25, 0.3) is 0 Å². The first-order chi connectivity index (χ1) is 14.7. The Bertz CT molecular complexity index is 857. The minimum absolute atomic E-state index is 0.0479. The van der Waals surface area contributed by atoms with E-state index in [1.165, 1.54) is 0 Å². The smallest absolute Gasteiger partial charge is 0.410 e. The second-order valence-corrected chi connectivity index (χ2v) is 8.95. The van der Waals surface area contributed by atoms with E-state index >= 15 is 0 Å². The van der Waals surface area contributed by atoms with Gasteiger partial charge in [0, 0.05) is 33.1 Å². The minimum atomic E-state index is -0.509. The van der Waals surface area contributed by atoms with Crippen LogP contribution < -0.4 is 5.32 Å². The standard InChI is InChI=1S/C25H33N3O3/c1-19(29)26-22(20-11-7-5-8-12-20)23(21-13-9-6-10-14-21)27-15-17-28(18-16-27)24(30)31-25(2,3)4/h5-14,22-23H,15-18H2,1-4H3,(H,26,29)/t22-,23+/m1/s1. The highest BCUT2D eigenvalue weighted by atomic mass is 16.6. The molecule has 2 aromatic carbocycles. The Kier molecular flexibility index (Phi) is 7.33. The van der Waals surface area contributed by atoms with E-state index in [0.29, 0.717) is 26.2 Å². The summed E-state index contributed by atoms with van der Waals surface area (Å²) in [6, 6.07) is 20.1. The van der Waals surface area contributed by atoms with E-state index < -0.39 is 5.60 Å². The number of carbonyl (C=O) groups is 2. The van der Waals surface area contributed by atoms with Gasteiger partial charge in [-0.1, -0.05) is 60.7 Å². The van der Waals surface area contributed by atoms with Gasteiger partial charge in [0.15, 0.2) is 0 Å². The first kappa shape index (κ1) is 22.8. The molecule has 0 aromatic heterocycles. The second kappa shape index (κ2) is 9.96. The van der Waals surface area contributed by atoms with Crippen LogP contribution in [0.25, 0.3) is 0 Å². The lowest BCUT2D eigenvalue weighted by Crippen LogP contribution is -2.52. The second-order valence-electron chi connectivity index (χ2n) is 8.95. The van der Waals surface area contributed by atoms with Gasteiger partial charge in [0.2, 0.25) is 5.91 Å². The molecule has 1 aliphatic heterocycles. The van der Waals surface area contributed by atoms with E-state index in [4.69, 9.17) is 4.74 Å². The van der Waals surface area contributed by atoms with Crippen molar-refractivity contribution in [3.63, 3.8) is 0 Å². The van der Waals surface area contributed by atoms with Crippen molar-refractivity contribution < 1.29 is 14.3 Å². The van der Waals surface area contributed by atoms with Crippen molar-refractivity contribution in [3.8, 4) is 0 Å². The van der Waals surface area contributed by atoms with Crippen LogP contribution in [-0.2, 0) is 9.53 Å². The zero-order chi connectivity index (χ0) is 22.4. The maximum Gasteiger partial charge on any atom is 0.410 e. The molecule has 0 spiro atoms. The molecule has 0 bridgehead atoms. The first-order valence-corrected chi connectivity index (χ1v) is 10.8. The molecule has 0 saturated carbocycles. The summed E-state index contributed by atoms with van der Waals surface area (Å²) in [5, 5.41) is 3.17. The molecule has 3 rings (SSSR count). The Hall–Kier alpha value is -2.86. The number of piperazine rings is 1. The number of ether oxygens (including phenoxy) is 1. The van der Waals surface area contributed by atoms with Crippen LogP contribution in [0.15, 0.2) is 60.7 Å². The lowest BCUT2D eigenvalue weighted by Gasteiger charge is -2.42. The average molecular weight is 424 g/mol. The highest BCUT2D eigenvalue weighted by Crippen LogP contribution is 2.35. The Labute approximate surface area is 185 Å². The van der Waals surface area contributed by atoms with Crippen LogP contribution >= 0.6 is 0 Å². The summed E-state index contributed by atoms with van der Waals surface area (Å²) in [5.74, 6) is -0.0674. The van der Waals surface area contributed by atoms with Gasteiger partial charge in [-0.15, -0.1) is 0 Å². The zero-order valence-corrected chi connectivity index (χ0v) is 18.9. The number of hydrogen-bond donors (Lipinski definition) is 1. The lowest BCUT2D eigenvalue weighted by molar-refractivity contribution is -0.120. The number of rotatable bonds is 5. The summed E-state index contributed by atoms with van der Waals surface area (Å²) in [6.45, 7) is 9.75. The molecular formula is C25H33N3O3. The van der Waals surface area contributed by atoms with Gasteiger partial charge in [-0.3, -0.25) is 9.69 Å². The van der Waals surface area contributed by atoms with E-state index in [0.717, 1.165) is 11.1 Å². The lowest BCUT2D eigenvalue weighted by atomic mass is 9.91. The molecule has 1 N–H and O–H groups in total. The van der Waals surface area contributed by atoms with Gasteiger partial charge >= 0.3 is 6.09 Å². The Balaban J connectivity index is 1.85. The van der Waals surface area contributed by atoms with Gasteiger partial charge in [-0.2, -0.15) is 0 Å². The predicted molar refractivity (Wildman–Crippen MR) is 122 cm³/mol. The van der Waals surface area contributed by atoms with Crippen LogP contribution in [0.3, 0.4) is 0 Å². The number of benzene rings is 2. The molecule has 2 atom stereocenters. The molecule has 1 heterocycles. The molecule has 0 radical (unpaired) electrons. The van der Waals surface area contributed by atoms with Crippen molar-refractivity contribution in [2.45, 2.75) is 45.4 Å². The summed E-state index contributed by atoms with van der Waals surface area (Å²) in [7, 11) is 0. The Morgan fingerprint density at radius 2 is 1.39 bits per heavy atom. The molecule has 31 heavy (non-hydrogen) atoms. The van der Waals surface area contributed by atoms with Gasteiger partial charge < -0.3 is 15.0 Å². The van der Waals surface area contributed by atoms with Crippen LogP contribution in [0, 0.1) is 0 Å². The Morgan fingerprint density at radius 1 is 0.871 bits per heavy atom. The molecule has 6 heteroatoms. The molecule has 2 amide bonds. The monoisotopic (exact) mass is 423 g/mol. The van der Waals surface area contributed by atoms with Gasteiger partial charge in [-0.25, -0.2) is 4.79 Å². The largest absolute Gasteiger partial charge is 0.444 e. The number of nitrogens with zero attached hydrogens (tertiary/aromatic N) is 2. The van der Waals surface area contributed by atoms with E-state index in [2.05, 4.69) is 22.3 Å². The van der Waals surface area contributed by atoms with Crippen LogP contribution in [0.1, 0.15) is 50.9 Å². The third-order valence-electron chi connectivity index (χ3n) is 5.33. The number of amides is 2. The summed E-state index contributed by atoms with van der Waals surface area (Å²) < 4.78 is 5.54. The number of hydrogen-bond acceptors (Lipinski definition) is 4. The molecule has 6 nitrogen and oxygen atoms in total. The fraction of sp³-hybridized carbons (Fsp3) is 0.440. The SMILES string of the molecule is CC(=O)N[C@H](c1ccccc1)[C@H](c1ccccc1)N1CCN(C(=O)OC(C)(C)C)CC1. The molecule has 1 saturated heterocycles. The van der Waals surface area contributed by atoms with Crippen molar-refractivity contribution in [2.75, 3.05) is 26.2 Å². The van der Waals surface area contributed by atoms with E-state index in [1.54, 1.807) is 11.8 Å². The summed E-state index contributed by atoms with van der Waals surface area (Å²) in [4.78, 5) is 28.7. The summed E-state index contributed by atoms with van der Waals surface area (Å²) >= 11 is 0. The quantitative estimate of drug-likeness (QED) is 0.785. The Morgan fingerprint density at radius 3 is 1.87 bits per heavy atom. The van der Waals surface area contributed by atoms with Crippen LogP contribution in [0.4, 0.5) is 4.79 Å². The van der Waals surface area contributed by atoms with Gasteiger partial charge in [0.05, 0.1) is 12.1 Å². The number of nitrogens with one attached hydrogen (secondary N) is 1. The molecular weight excluding hydrogens is 390 g/mol. The van der Waals surface area contributed by atoms with Crippen LogP contribution in [0.2, 0.25) is 0 Å². The summed E-state index contributed by atoms with van der Waals surface area (Å²) in [6.07, 6.45) is -0.273. The van der Waals surface area contributed by atoms with Crippen molar-refractivity contribution >= 4 is 12.0 Å². The molecule has 1 aliphatic rings. The van der Waals surface area contributed by atoms with E-state index in [1.807, 2.05) is 69.3 Å². The van der Waals surface area contributed by atoms with E-state index in [9.17, 15) is 9.59 Å². The third kappa shape index (κ3) is 6.31. The molecule has 1 fully saturated rings. The fourth-order valence-corrected chi connectivity index (χ4v) is 4.00. The third-order valence-corrected chi connectivity index (χ3v) is 5.33. The minimum Gasteiger partial charge on any atom is -0.444 e. The number of carbonyl (C=O) groups excluding carboxylic acids is 2. The highest BCUT2D eigenvalue weighted by molar-refractivity contribution is 5.73. The van der Waals surface area contributed by atoms with Gasteiger partial charge in [-0.05, 0) is 31.9 Å². The average Bonchev–Trinajstić information content (AvgIpc) is 2.74.